The first-order chi connectivity index (χ1) is 17.4. The molecule has 0 unspecified atom stereocenters. The van der Waals surface area contributed by atoms with Crippen LogP contribution < -0.4 is 10.6 Å². The number of aryl methyl sites for hydroxylation is 1. The molecule has 0 saturated carbocycles. The Kier molecular flexibility index (Phi) is 9.50. The van der Waals surface area contributed by atoms with E-state index in [-0.39, 0.29) is 0 Å². The molecule has 3 aromatic rings. The quantitative estimate of drug-likeness (QED) is 0.337. The lowest BCUT2D eigenvalue weighted by atomic mass is 10.1. The van der Waals surface area contributed by atoms with Gasteiger partial charge in [0.15, 0.2) is 0 Å². The average Bonchev–Trinajstić information content (AvgIpc) is 3.55. The maximum Gasteiger partial charge on any atom is 0.111 e. The van der Waals surface area contributed by atoms with Gasteiger partial charge in [-0.2, -0.15) is 15.5 Å². The van der Waals surface area contributed by atoms with E-state index in [1.54, 1.807) is 34.6 Å². The molecular formula is C26H33N9S. The third-order valence-electron chi connectivity index (χ3n) is 5.36. The highest BCUT2D eigenvalue weighted by Gasteiger charge is 2.18. The number of thiophene rings is 1. The van der Waals surface area contributed by atoms with Crippen molar-refractivity contribution in [2.24, 2.45) is 23.0 Å². The lowest BCUT2D eigenvalue weighted by Gasteiger charge is -2.10. The zero-order valence-electron chi connectivity index (χ0n) is 21.3. The van der Waals surface area contributed by atoms with Gasteiger partial charge in [-0.05, 0) is 37.7 Å². The minimum atomic E-state index is 0.462. The van der Waals surface area contributed by atoms with E-state index in [0.717, 1.165) is 38.8 Å². The van der Waals surface area contributed by atoms with Gasteiger partial charge < -0.3 is 10.6 Å². The van der Waals surface area contributed by atoms with Crippen molar-refractivity contribution < 1.29 is 0 Å². The molecule has 0 amide bonds. The predicted molar refractivity (Wildman–Crippen MR) is 149 cm³/mol. The fourth-order valence-corrected chi connectivity index (χ4v) is 4.98. The van der Waals surface area contributed by atoms with Crippen LogP contribution in [0, 0.1) is 17.2 Å². The van der Waals surface area contributed by atoms with Crippen LogP contribution in [0.1, 0.15) is 41.1 Å². The molecule has 0 aliphatic rings. The number of allylic oxidation sites excluding steroid dienone is 1. The van der Waals surface area contributed by atoms with Crippen molar-refractivity contribution in [3.8, 4) is 6.07 Å². The average molecular weight is 504 g/mol. The normalized spacial score (nSPS) is 11.8. The minimum Gasteiger partial charge on any atom is -0.346 e. The van der Waals surface area contributed by atoms with Crippen LogP contribution in [0.25, 0.3) is 11.3 Å². The number of hydrogen-bond donors (Lipinski definition) is 2. The van der Waals surface area contributed by atoms with Crippen LogP contribution in [0.2, 0.25) is 0 Å². The number of anilines is 1. The van der Waals surface area contributed by atoms with E-state index in [1.807, 2.05) is 37.3 Å². The predicted octanol–water partition coefficient (Wildman–Crippen LogP) is 4.36. The summed E-state index contributed by atoms with van der Waals surface area (Å²) >= 11 is 1.56. The molecule has 0 atom stereocenters. The van der Waals surface area contributed by atoms with Gasteiger partial charge in [0, 0.05) is 73.2 Å². The Bertz CT molecular complexity index is 1300. The van der Waals surface area contributed by atoms with E-state index >= 15 is 0 Å². The van der Waals surface area contributed by atoms with Crippen LogP contribution in [-0.2, 0) is 26.6 Å². The Balaban J connectivity index is 1.78. The number of aliphatic imine (C=N–C) groups is 2. The lowest BCUT2D eigenvalue weighted by molar-refractivity contribution is 0.480. The molecule has 3 aromatic heterocycles. The molecule has 9 nitrogen and oxygen atoms in total. The molecule has 3 heterocycles. The highest BCUT2D eigenvalue weighted by molar-refractivity contribution is 7.16. The number of nitrogens with zero attached hydrogens (tertiary/aromatic N) is 7. The van der Waals surface area contributed by atoms with Gasteiger partial charge in [-0.25, -0.2) is 0 Å². The largest absolute Gasteiger partial charge is 0.346 e. The molecule has 36 heavy (non-hydrogen) atoms. The Morgan fingerprint density at radius 3 is 2.81 bits per heavy atom. The summed E-state index contributed by atoms with van der Waals surface area (Å²) in [5.41, 5.74) is 5.00. The first kappa shape index (κ1) is 26.8. The highest BCUT2D eigenvalue weighted by Crippen LogP contribution is 2.35. The minimum absolute atomic E-state index is 0.462. The standard InChI is InChI=1S/C26H33N9S/c1-18(2)16-35-24(8-10-31-35)20(12-28-4)13-30-9-7-22-23(11-27)26(36-25(22)15-29-5)33-19(3)21-14-32-34(6)17-21/h8,10,12-14,17-18,29,33H,3-4,7,9,15-16H2,1-2,5-6H3/b20-12+,30-13-. The number of rotatable bonds is 13. The molecule has 0 saturated heterocycles. The summed E-state index contributed by atoms with van der Waals surface area (Å²) in [4.78, 5) is 9.72. The summed E-state index contributed by atoms with van der Waals surface area (Å²) in [7, 11) is 3.76. The van der Waals surface area contributed by atoms with Gasteiger partial charge in [0.1, 0.15) is 11.1 Å². The van der Waals surface area contributed by atoms with Gasteiger partial charge >= 0.3 is 0 Å². The van der Waals surface area contributed by atoms with Gasteiger partial charge in [-0.3, -0.25) is 19.3 Å². The maximum atomic E-state index is 9.98. The zero-order valence-corrected chi connectivity index (χ0v) is 22.1. The number of aromatic nitrogens is 4. The van der Waals surface area contributed by atoms with Crippen LogP contribution >= 0.6 is 11.3 Å². The second-order valence-corrected chi connectivity index (χ2v) is 9.81. The molecule has 188 valence electrons. The monoisotopic (exact) mass is 503 g/mol. The smallest absolute Gasteiger partial charge is 0.111 e. The van der Waals surface area contributed by atoms with E-state index in [4.69, 9.17) is 0 Å². The number of nitriles is 1. The molecule has 0 aliphatic carbocycles. The van der Waals surface area contributed by atoms with Crippen molar-refractivity contribution in [2.45, 2.75) is 33.4 Å². The van der Waals surface area contributed by atoms with Crippen molar-refractivity contribution in [2.75, 3.05) is 18.9 Å². The van der Waals surface area contributed by atoms with E-state index < -0.39 is 0 Å². The van der Waals surface area contributed by atoms with Crippen LogP contribution in [0.3, 0.4) is 0 Å². The van der Waals surface area contributed by atoms with E-state index in [1.165, 1.54) is 0 Å². The van der Waals surface area contributed by atoms with Crippen LogP contribution in [-0.4, -0.2) is 46.1 Å². The first-order valence-corrected chi connectivity index (χ1v) is 12.5. The van der Waals surface area contributed by atoms with Gasteiger partial charge in [-0.15, -0.1) is 11.3 Å². The van der Waals surface area contributed by atoms with Gasteiger partial charge in [-0.1, -0.05) is 20.4 Å². The van der Waals surface area contributed by atoms with Crippen molar-refractivity contribution in [3.05, 3.63) is 64.7 Å². The maximum absolute atomic E-state index is 9.98. The third kappa shape index (κ3) is 6.65. The number of hydrogen-bond acceptors (Lipinski definition) is 8. The molecule has 0 fully saturated rings. The molecule has 0 spiro atoms. The Labute approximate surface area is 216 Å². The summed E-state index contributed by atoms with van der Waals surface area (Å²) < 4.78 is 3.68. The highest BCUT2D eigenvalue weighted by atomic mass is 32.1. The van der Waals surface area contributed by atoms with Gasteiger partial charge in [0.25, 0.3) is 0 Å². The topological polar surface area (TPSA) is 108 Å². The SMILES string of the molecule is C=N/C=C(\C=N/CCc1c(CNC)sc(NC(=C)c2cnn(C)c2)c1C#N)c1ccnn1CC(C)C. The molecule has 3 rings (SSSR count). The van der Waals surface area contributed by atoms with E-state index in [0.29, 0.717) is 36.7 Å². The summed E-state index contributed by atoms with van der Waals surface area (Å²) in [6.07, 6.45) is 9.55. The summed E-state index contributed by atoms with van der Waals surface area (Å²) in [5, 5.41) is 25.9. The summed E-state index contributed by atoms with van der Waals surface area (Å²) in [5.74, 6) is 0.462. The van der Waals surface area contributed by atoms with Crippen LogP contribution in [0.15, 0.2) is 47.4 Å². The van der Waals surface area contributed by atoms with Gasteiger partial charge in [0.05, 0.1) is 17.5 Å². The fraction of sp³-hybridized carbons (Fsp3) is 0.346. The summed E-state index contributed by atoms with van der Waals surface area (Å²) in [6.45, 7) is 14.0. The Hall–Kier alpha value is -3.81. The second kappa shape index (κ2) is 12.8. The van der Waals surface area contributed by atoms with Crippen molar-refractivity contribution in [3.63, 3.8) is 0 Å². The van der Waals surface area contributed by atoms with Crippen LogP contribution in [0.5, 0.6) is 0 Å². The van der Waals surface area contributed by atoms with Crippen molar-refractivity contribution in [1.82, 2.24) is 24.9 Å². The Morgan fingerprint density at radius 2 is 2.17 bits per heavy atom. The van der Waals surface area contributed by atoms with Gasteiger partial charge in [0.2, 0.25) is 0 Å². The molecule has 0 radical (unpaired) electrons. The van der Waals surface area contributed by atoms with E-state index in [2.05, 4.69) is 64.0 Å². The third-order valence-corrected chi connectivity index (χ3v) is 6.51. The molecule has 0 aliphatic heterocycles. The molecule has 0 aromatic carbocycles. The molecular weight excluding hydrogens is 470 g/mol. The van der Waals surface area contributed by atoms with E-state index in [9.17, 15) is 5.26 Å². The Morgan fingerprint density at radius 1 is 1.36 bits per heavy atom. The zero-order chi connectivity index (χ0) is 26.1. The lowest BCUT2D eigenvalue weighted by Crippen LogP contribution is -2.10. The number of nitrogens with one attached hydrogen (secondary N) is 2. The first-order valence-electron chi connectivity index (χ1n) is 11.7. The fourth-order valence-electron chi connectivity index (χ4n) is 3.75. The molecule has 0 bridgehead atoms. The second-order valence-electron chi connectivity index (χ2n) is 8.70. The summed E-state index contributed by atoms with van der Waals surface area (Å²) in [6, 6.07) is 4.34. The van der Waals surface area contributed by atoms with Crippen molar-refractivity contribution >= 4 is 40.5 Å². The molecule has 10 heteroatoms. The molecule has 2 N–H and O–H groups in total. The van der Waals surface area contributed by atoms with Crippen LogP contribution in [0.4, 0.5) is 5.00 Å². The van der Waals surface area contributed by atoms with Crippen molar-refractivity contribution in [1.29, 1.82) is 5.26 Å².